The van der Waals surface area contributed by atoms with Crippen molar-refractivity contribution in [3.63, 3.8) is 0 Å². The van der Waals surface area contributed by atoms with E-state index in [0.29, 0.717) is 0 Å². The summed E-state index contributed by atoms with van der Waals surface area (Å²) in [6.07, 6.45) is 0. The molecule has 0 heterocycles. The fourth-order valence-electron chi connectivity index (χ4n) is 1.42. The third-order valence-corrected chi connectivity index (χ3v) is 4.32. The van der Waals surface area contributed by atoms with E-state index in [-0.39, 0.29) is 0 Å². The first-order chi connectivity index (χ1) is 7.21. The van der Waals surface area contributed by atoms with Crippen LogP contribution in [-0.2, 0) is 9.52 Å². The van der Waals surface area contributed by atoms with E-state index in [1.165, 1.54) is 0 Å². The summed E-state index contributed by atoms with van der Waals surface area (Å²) in [6.45, 7) is 0. The van der Waals surface area contributed by atoms with Crippen LogP contribution in [0.3, 0.4) is 0 Å². The van der Waals surface area contributed by atoms with Crippen LogP contribution in [0.25, 0.3) is 0 Å². The zero-order chi connectivity index (χ0) is 10.7. The second kappa shape index (κ2) is 3.91. The summed E-state index contributed by atoms with van der Waals surface area (Å²) in [5, 5.41) is 0. The molecular weight excluding hydrogens is 204 g/mol. The van der Waals surface area contributed by atoms with E-state index in [1.807, 2.05) is 60.7 Å². The first-order valence-electron chi connectivity index (χ1n) is 4.68. The Kier molecular flexibility index (Phi) is 2.60. The molecule has 2 aromatic rings. The predicted molar refractivity (Wildman–Crippen MR) is 64.7 cm³/mol. The second-order valence-corrected chi connectivity index (χ2v) is 5.59. The zero-order valence-corrected chi connectivity index (χ0v) is 9.11. The average Bonchev–Trinajstić information content (AvgIpc) is 2.31. The summed E-state index contributed by atoms with van der Waals surface area (Å²) >= 11 is 0. The molecule has 0 saturated heterocycles. The molecular formula is C13H12OS. The van der Waals surface area contributed by atoms with Crippen molar-refractivity contribution in [2.75, 3.05) is 0 Å². The SMILES string of the molecule is C=S(=O)(c1ccccc1)c1ccccc1. The summed E-state index contributed by atoms with van der Waals surface area (Å²) in [7, 11) is -2.34. The van der Waals surface area contributed by atoms with Gasteiger partial charge >= 0.3 is 0 Å². The molecule has 15 heavy (non-hydrogen) atoms. The lowest BCUT2D eigenvalue weighted by molar-refractivity contribution is 0.681. The van der Waals surface area contributed by atoms with Crippen LogP contribution in [0, 0.1) is 0 Å². The van der Waals surface area contributed by atoms with E-state index in [2.05, 4.69) is 5.87 Å². The summed E-state index contributed by atoms with van der Waals surface area (Å²) in [4.78, 5) is 1.55. The lowest BCUT2D eigenvalue weighted by atomic mass is 10.4. The summed E-state index contributed by atoms with van der Waals surface area (Å²) in [5.74, 6) is 3.84. The van der Waals surface area contributed by atoms with E-state index >= 15 is 0 Å². The maximum absolute atomic E-state index is 12.5. The molecule has 0 bridgehead atoms. The lowest BCUT2D eigenvalue weighted by Crippen LogP contribution is -2.00. The highest BCUT2D eigenvalue weighted by molar-refractivity contribution is 8.00. The normalized spacial score (nSPS) is 11.2. The molecule has 0 aliphatic rings. The van der Waals surface area contributed by atoms with Crippen LogP contribution in [0.2, 0.25) is 0 Å². The van der Waals surface area contributed by atoms with Crippen molar-refractivity contribution in [2.24, 2.45) is 0 Å². The van der Waals surface area contributed by atoms with Crippen molar-refractivity contribution in [3.8, 4) is 0 Å². The molecule has 0 radical (unpaired) electrons. The van der Waals surface area contributed by atoms with Crippen molar-refractivity contribution in [1.82, 2.24) is 0 Å². The van der Waals surface area contributed by atoms with Gasteiger partial charge in [0.25, 0.3) is 0 Å². The van der Waals surface area contributed by atoms with E-state index in [9.17, 15) is 4.21 Å². The maximum Gasteiger partial charge on any atom is 0.0350 e. The molecule has 0 N–H and O–H groups in total. The van der Waals surface area contributed by atoms with Crippen molar-refractivity contribution in [1.29, 1.82) is 0 Å². The molecule has 0 atom stereocenters. The quantitative estimate of drug-likeness (QED) is 0.705. The fraction of sp³-hybridized carbons (Fsp3) is 0. The molecule has 1 nitrogen and oxygen atoms in total. The van der Waals surface area contributed by atoms with Crippen LogP contribution in [0.5, 0.6) is 0 Å². The van der Waals surface area contributed by atoms with Crippen molar-refractivity contribution >= 4 is 15.4 Å². The Balaban J connectivity index is 2.55. The zero-order valence-electron chi connectivity index (χ0n) is 8.30. The minimum absolute atomic E-state index is 0.774. The van der Waals surface area contributed by atoms with Gasteiger partial charge in [0.05, 0.1) is 0 Å². The molecule has 2 rings (SSSR count). The van der Waals surface area contributed by atoms with Gasteiger partial charge in [-0.2, -0.15) is 0 Å². The molecule has 76 valence electrons. The van der Waals surface area contributed by atoms with Gasteiger partial charge in [0.15, 0.2) is 0 Å². The van der Waals surface area contributed by atoms with Gasteiger partial charge in [-0.3, -0.25) is 4.21 Å². The Bertz CT molecular complexity index is 482. The van der Waals surface area contributed by atoms with E-state index in [0.717, 1.165) is 9.79 Å². The van der Waals surface area contributed by atoms with Crippen LogP contribution in [-0.4, -0.2) is 10.1 Å². The number of rotatable bonds is 2. The van der Waals surface area contributed by atoms with Crippen molar-refractivity contribution in [3.05, 3.63) is 60.7 Å². The van der Waals surface area contributed by atoms with Gasteiger partial charge in [-0.15, -0.1) is 0 Å². The van der Waals surface area contributed by atoms with Crippen LogP contribution in [0.1, 0.15) is 0 Å². The third-order valence-electron chi connectivity index (χ3n) is 2.25. The van der Waals surface area contributed by atoms with Gasteiger partial charge in [0.2, 0.25) is 0 Å². The highest BCUT2D eigenvalue weighted by Crippen LogP contribution is 2.19. The molecule has 0 aliphatic carbocycles. The molecule has 0 aromatic heterocycles. The highest BCUT2D eigenvalue weighted by Gasteiger charge is 2.08. The first-order valence-corrected chi connectivity index (χ1v) is 6.41. The lowest BCUT2D eigenvalue weighted by Gasteiger charge is -2.08. The monoisotopic (exact) mass is 216 g/mol. The Morgan fingerprint density at radius 3 is 1.40 bits per heavy atom. The topological polar surface area (TPSA) is 17.1 Å². The Morgan fingerprint density at radius 2 is 1.07 bits per heavy atom. The third kappa shape index (κ3) is 1.95. The molecule has 0 unspecified atom stereocenters. The molecule has 0 spiro atoms. The first kappa shape index (κ1) is 9.99. The standard InChI is InChI=1S/C13H12OS/c1-15(14,12-8-4-2-5-9-12)13-10-6-3-7-11-13/h2-11H,1H2. The summed E-state index contributed by atoms with van der Waals surface area (Å²) in [6, 6.07) is 18.7. The smallest absolute Gasteiger partial charge is 0.0350 e. The summed E-state index contributed by atoms with van der Waals surface area (Å²) in [5.41, 5.74) is 0. The van der Waals surface area contributed by atoms with Gasteiger partial charge in [-0.25, -0.2) is 0 Å². The Hall–Kier alpha value is -1.54. The van der Waals surface area contributed by atoms with E-state index < -0.39 is 9.52 Å². The van der Waals surface area contributed by atoms with Gasteiger partial charge in [0, 0.05) is 19.3 Å². The molecule has 0 saturated carbocycles. The minimum Gasteiger partial charge on any atom is -0.258 e. The van der Waals surface area contributed by atoms with E-state index in [1.54, 1.807) is 0 Å². The van der Waals surface area contributed by atoms with Crippen LogP contribution >= 0.6 is 0 Å². The fourth-order valence-corrected chi connectivity index (χ4v) is 2.88. The number of benzene rings is 2. The van der Waals surface area contributed by atoms with Crippen LogP contribution in [0.15, 0.2) is 70.5 Å². The molecule has 0 amide bonds. The Morgan fingerprint density at radius 1 is 0.733 bits per heavy atom. The van der Waals surface area contributed by atoms with Crippen LogP contribution in [0.4, 0.5) is 0 Å². The van der Waals surface area contributed by atoms with Gasteiger partial charge in [0.1, 0.15) is 0 Å². The van der Waals surface area contributed by atoms with Crippen LogP contribution < -0.4 is 0 Å². The van der Waals surface area contributed by atoms with E-state index in [4.69, 9.17) is 0 Å². The van der Waals surface area contributed by atoms with Gasteiger partial charge in [-0.1, -0.05) is 36.4 Å². The predicted octanol–water partition coefficient (Wildman–Crippen LogP) is 2.82. The largest absolute Gasteiger partial charge is 0.258 e. The average molecular weight is 216 g/mol. The molecule has 0 fully saturated rings. The van der Waals surface area contributed by atoms with Gasteiger partial charge < -0.3 is 0 Å². The molecule has 2 heteroatoms. The number of hydrogen-bond acceptors (Lipinski definition) is 1. The number of hydrogen-bond donors (Lipinski definition) is 0. The second-order valence-electron chi connectivity index (χ2n) is 3.30. The molecule has 2 aromatic carbocycles. The van der Waals surface area contributed by atoms with Crippen molar-refractivity contribution in [2.45, 2.75) is 9.79 Å². The Labute approximate surface area is 90.4 Å². The minimum atomic E-state index is -2.34. The van der Waals surface area contributed by atoms with Gasteiger partial charge in [-0.05, 0) is 30.1 Å². The van der Waals surface area contributed by atoms with Crippen molar-refractivity contribution < 1.29 is 4.21 Å². The summed E-state index contributed by atoms with van der Waals surface area (Å²) < 4.78 is 12.5. The highest BCUT2D eigenvalue weighted by atomic mass is 32.2. The maximum atomic E-state index is 12.5. The molecule has 0 aliphatic heterocycles.